The Morgan fingerprint density at radius 1 is 0.926 bits per heavy atom. The van der Waals surface area contributed by atoms with Crippen LogP contribution in [0.1, 0.15) is 15.9 Å². The van der Waals surface area contributed by atoms with Gasteiger partial charge in [0.1, 0.15) is 6.54 Å². The van der Waals surface area contributed by atoms with Gasteiger partial charge >= 0.3 is 18.3 Å². The van der Waals surface area contributed by atoms with Crippen molar-refractivity contribution in [1.82, 2.24) is 4.57 Å². The summed E-state index contributed by atoms with van der Waals surface area (Å²) in [5.74, 6) is -1.37. The van der Waals surface area contributed by atoms with E-state index in [9.17, 15) is 36.2 Å². The molecular formula is C18H11F6NO2. The summed E-state index contributed by atoms with van der Waals surface area (Å²) in [6.07, 6.45) is -8.16. The van der Waals surface area contributed by atoms with E-state index in [1.165, 1.54) is 30.3 Å². The van der Waals surface area contributed by atoms with Crippen LogP contribution in [-0.4, -0.2) is 21.8 Å². The molecule has 0 amide bonds. The average Bonchev–Trinajstić information content (AvgIpc) is 2.90. The molecule has 3 nitrogen and oxygen atoms in total. The summed E-state index contributed by atoms with van der Waals surface area (Å²) in [5, 5.41) is 9.30. The highest BCUT2D eigenvalue weighted by Crippen LogP contribution is 2.33. The van der Waals surface area contributed by atoms with E-state index in [-0.39, 0.29) is 16.5 Å². The number of benzene rings is 2. The van der Waals surface area contributed by atoms with Crippen molar-refractivity contribution in [3.63, 3.8) is 0 Å². The van der Waals surface area contributed by atoms with Crippen molar-refractivity contribution in [2.45, 2.75) is 18.9 Å². The van der Waals surface area contributed by atoms with Crippen LogP contribution < -0.4 is 0 Å². The van der Waals surface area contributed by atoms with E-state index in [0.717, 1.165) is 22.9 Å². The number of nitrogens with zero attached hydrogens (tertiary/aromatic N) is 1. The second-order valence-electron chi connectivity index (χ2n) is 5.90. The predicted molar refractivity (Wildman–Crippen MR) is 85.4 cm³/mol. The number of hydrogen-bond acceptors (Lipinski definition) is 1. The van der Waals surface area contributed by atoms with Crippen LogP contribution in [0, 0.1) is 0 Å². The Morgan fingerprint density at radius 2 is 1.52 bits per heavy atom. The number of carbonyl (C=O) groups is 1. The Kier molecular flexibility index (Phi) is 4.41. The molecule has 0 aliphatic carbocycles. The summed E-state index contributed by atoms with van der Waals surface area (Å²) in [5.41, 5.74) is -0.368. The molecule has 3 aromatic rings. The molecule has 0 bridgehead atoms. The Hall–Kier alpha value is -2.97. The summed E-state index contributed by atoms with van der Waals surface area (Å²) in [4.78, 5) is 11.3. The van der Waals surface area contributed by atoms with Crippen LogP contribution in [0.25, 0.3) is 22.0 Å². The Bertz CT molecular complexity index is 1000. The van der Waals surface area contributed by atoms with E-state index >= 15 is 0 Å². The van der Waals surface area contributed by atoms with E-state index in [1.54, 1.807) is 0 Å². The quantitative estimate of drug-likeness (QED) is 0.596. The van der Waals surface area contributed by atoms with Crippen molar-refractivity contribution >= 4 is 16.9 Å². The van der Waals surface area contributed by atoms with E-state index in [2.05, 4.69) is 0 Å². The number of carboxylic acids is 1. The number of carboxylic acid groups (broad SMARTS) is 1. The molecule has 9 heteroatoms. The van der Waals surface area contributed by atoms with Crippen molar-refractivity contribution in [2.24, 2.45) is 0 Å². The lowest BCUT2D eigenvalue weighted by atomic mass is 10.0. The topological polar surface area (TPSA) is 42.2 Å². The van der Waals surface area contributed by atoms with E-state index in [0.29, 0.717) is 11.1 Å². The molecule has 0 unspecified atom stereocenters. The van der Waals surface area contributed by atoms with Gasteiger partial charge in [0.2, 0.25) is 0 Å². The molecule has 142 valence electrons. The number of hydrogen-bond donors (Lipinski definition) is 1. The van der Waals surface area contributed by atoms with Gasteiger partial charge in [0.25, 0.3) is 0 Å². The first kappa shape index (κ1) is 18.8. The highest BCUT2D eigenvalue weighted by Gasteiger charge is 2.31. The second-order valence-corrected chi connectivity index (χ2v) is 5.90. The number of alkyl halides is 6. The fourth-order valence-electron chi connectivity index (χ4n) is 2.82. The molecule has 0 fully saturated rings. The third-order valence-electron chi connectivity index (χ3n) is 4.01. The van der Waals surface area contributed by atoms with Gasteiger partial charge in [0.05, 0.1) is 11.1 Å². The third-order valence-corrected chi connectivity index (χ3v) is 4.01. The molecule has 0 saturated heterocycles. The third kappa shape index (κ3) is 3.91. The molecule has 0 atom stereocenters. The van der Waals surface area contributed by atoms with Gasteiger partial charge in [0.15, 0.2) is 0 Å². The number of aromatic nitrogens is 1. The van der Waals surface area contributed by atoms with Gasteiger partial charge in [0, 0.05) is 17.1 Å². The predicted octanol–water partition coefficient (Wildman–Crippen LogP) is 5.59. The lowest BCUT2D eigenvalue weighted by Gasteiger charge is -2.10. The van der Waals surface area contributed by atoms with E-state index < -0.39 is 30.4 Å². The van der Waals surface area contributed by atoms with E-state index in [4.69, 9.17) is 0 Å². The molecule has 1 N–H and O–H groups in total. The maximum atomic E-state index is 12.8. The second kappa shape index (κ2) is 6.33. The first-order valence-corrected chi connectivity index (χ1v) is 7.56. The summed E-state index contributed by atoms with van der Waals surface area (Å²) >= 11 is 0. The molecule has 0 saturated carbocycles. The zero-order valence-corrected chi connectivity index (χ0v) is 13.4. The molecule has 0 radical (unpaired) electrons. The van der Waals surface area contributed by atoms with Crippen LogP contribution in [-0.2, 0) is 12.7 Å². The monoisotopic (exact) mass is 387 g/mol. The minimum atomic E-state index is -4.56. The first-order valence-electron chi connectivity index (χ1n) is 7.56. The summed E-state index contributed by atoms with van der Waals surface area (Å²) in [7, 11) is 0. The van der Waals surface area contributed by atoms with Gasteiger partial charge in [-0.05, 0) is 29.3 Å². The number of aromatic carboxylic acids is 1. The number of rotatable bonds is 3. The molecule has 0 spiro atoms. The van der Waals surface area contributed by atoms with Crippen LogP contribution in [0.15, 0.2) is 48.7 Å². The fourth-order valence-corrected chi connectivity index (χ4v) is 2.82. The molecule has 0 aliphatic rings. The highest BCUT2D eigenvalue weighted by molar-refractivity contribution is 6.04. The molecule has 2 aromatic carbocycles. The van der Waals surface area contributed by atoms with Crippen molar-refractivity contribution in [3.05, 3.63) is 59.8 Å². The normalized spacial score (nSPS) is 12.5. The van der Waals surface area contributed by atoms with Gasteiger partial charge in [-0.25, -0.2) is 4.79 Å². The highest BCUT2D eigenvalue weighted by atomic mass is 19.4. The number of fused-ring (bicyclic) bond motifs is 1. The Labute approximate surface area is 148 Å². The van der Waals surface area contributed by atoms with Gasteiger partial charge in [-0.2, -0.15) is 26.3 Å². The van der Waals surface area contributed by atoms with Gasteiger partial charge in [-0.1, -0.05) is 24.3 Å². The Morgan fingerprint density at radius 3 is 2.04 bits per heavy atom. The maximum Gasteiger partial charge on any atom is 0.416 e. The van der Waals surface area contributed by atoms with Crippen LogP contribution in [0.3, 0.4) is 0 Å². The summed E-state index contributed by atoms with van der Waals surface area (Å²) in [6, 6.07) is 8.29. The molecule has 1 aromatic heterocycles. The van der Waals surface area contributed by atoms with Crippen LogP contribution in [0.2, 0.25) is 0 Å². The Balaban J connectivity index is 2.11. The molecular weight excluding hydrogens is 376 g/mol. The van der Waals surface area contributed by atoms with E-state index in [1.807, 2.05) is 0 Å². The average molecular weight is 387 g/mol. The maximum absolute atomic E-state index is 12.8. The number of halogens is 6. The van der Waals surface area contributed by atoms with Crippen molar-refractivity contribution in [1.29, 1.82) is 0 Å². The van der Waals surface area contributed by atoms with Crippen LogP contribution in [0.4, 0.5) is 26.3 Å². The largest absolute Gasteiger partial charge is 0.478 e. The summed E-state index contributed by atoms with van der Waals surface area (Å²) in [6.45, 7) is -1.38. The first-order chi connectivity index (χ1) is 12.5. The van der Waals surface area contributed by atoms with Gasteiger partial charge in [-0.3, -0.25) is 0 Å². The SMILES string of the molecule is O=C(O)c1cn(CC(F)(F)F)c2cc(-c3ccc(C(F)(F)F)cc3)ccc12. The van der Waals surface area contributed by atoms with Crippen molar-refractivity contribution in [3.8, 4) is 11.1 Å². The minimum Gasteiger partial charge on any atom is -0.478 e. The lowest BCUT2D eigenvalue weighted by molar-refractivity contribution is -0.140. The zero-order chi connectivity index (χ0) is 20.0. The van der Waals surface area contributed by atoms with Crippen molar-refractivity contribution < 1.29 is 36.2 Å². The minimum absolute atomic E-state index is 0.0297. The molecule has 27 heavy (non-hydrogen) atoms. The molecule has 3 rings (SSSR count). The van der Waals surface area contributed by atoms with Gasteiger partial charge < -0.3 is 9.67 Å². The van der Waals surface area contributed by atoms with Gasteiger partial charge in [-0.15, -0.1) is 0 Å². The summed E-state index contributed by atoms with van der Waals surface area (Å²) < 4.78 is 77.1. The fraction of sp³-hybridized carbons (Fsp3) is 0.167. The standard InChI is InChI=1S/C18H11F6NO2/c19-17(20,21)9-25-8-14(16(26)27)13-6-3-11(7-15(13)25)10-1-4-12(5-2-10)18(22,23)24/h1-8H,9H2,(H,26,27). The lowest BCUT2D eigenvalue weighted by Crippen LogP contribution is -2.16. The van der Waals surface area contributed by atoms with Crippen LogP contribution in [0.5, 0.6) is 0 Å². The van der Waals surface area contributed by atoms with Crippen molar-refractivity contribution in [2.75, 3.05) is 0 Å². The zero-order valence-electron chi connectivity index (χ0n) is 13.4. The smallest absolute Gasteiger partial charge is 0.416 e. The van der Waals surface area contributed by atoms with Crippen LogP contribution >= 0.6 is 0 Å². The molecule has 1 heterocycles. The molecule has 0 aliphatic heterocycles.